The van der Waals surface area contributed by atoms with E-state index in [-0.39, 0.29) is 41.9 Å². The average molecular weight is 527 g/mol. The number of rotatable bonds is 7. The van der Waals surface area contributed by atoms with E-state index < -0.39 is 23.1 Å². The Morgan fingerprint density at radius 3 is 2.63 bits per heavy atom. The van der Waals surface area contributed by atoms with Gasteiger partial charge in [-0.05, 0) is 38.6 Å². The summed E-state index contributed by atoms with van der Waals surface area (Å²) in [6.07, 6.45) is 5.21. The first kappa shape index (κ1) is 28.2. The summed E-state index contributed by atoms with van der Waals surface area (Å²) in [5, 5.41) is 19.7. The van der Waals surface area contributed by atoms with Crippen LogP contribution in [0.1, 0.15) is 33.6 Å². The molecule has 1 fully saturated rings. The minimum atomic E-state index is -0.864. The van der Waals surface area contributed by atoms with Crippen LogP contribution in [0, 0.1) is 28.0 Å². The number of nitrogens with two attached hydrogens (primary N) is 2. The van der Waals surface area contributed by atoms with E-state index in [1.165, 1.54) is 12.2 Å². The average Bonchev–Trinajstić information content (AvgIpc) is 2.88. The third-order valence-electron chi connectivity index (χ3n) is 6.59. The molecule has 6 N–H and O–H groups in total. The minimum Gasteiger partial charge on any atom is -0.401 e. The first-order chi connectivity index (χ1) is 18.0. The lowest BCUT2D eigenvalue weighted by molar-refractivity contribution is 0.178. The summed E-state index contributed by atoms with van der Waals surface area (Å²) in [6.45, 7) is 6.40. The fraction of sp³-hybridized carbons (Fsp3) is 0.440. The molecule has 0 radical (unpaired) electrons. The quantitative estimate of drug-likeness (QED) is 0.395. The molecular weight excluding hydrogens is 494 g/mol. The van der Waals surface area contributed by atoms with Crippen molar-refractivity contribution in [2.75, 3.05) is 31.1 Å². The Balaban J connectivity index is 1.68. The molecule has 1 unspecified atom stereocenters. The SMILES string of the molecule is CC(=Nc1nc(N2CCN(C(=O)N[C@@H](CC=N)C3(C)C=C(F)C=C(C#N)C3)CC2)ncc1F)C(N)=C(C)N. The number of aromatic nitrogens is 2. The Kier molecular flexibility index (Phi) is 8.77. The van der Waals surface area contributed by atoms with E-state index in [2.05, 4.69) is 20.3 Å². The number of halogens is 2. The highest BCUT2D eigenvalue weighted by atomic mass is 19.1. The molecule has 2 atom stereocenters. The smallest absolute Gasteiger partial charge is 0.317 e. The number of nitrogens with zero attached hydrogens (tertiary/aromatic N) is 6. The Morgan fingerprint density at radius 2 is 2.03 bits per heavy atom. The largest absolute Gasteiger partial charge is 0.401 e. The Labute approximate surface area is 220 Å². The van der Waals surface area contributed by atoms with E-state index in [1.54, 1.807) is 25.7 Å². The van der Waals surface area contributed by atoms with Crippen LogP contribution in [-0.2, 0) is 0 Å². The molecule has 1 aromatic heterocycles. The van der Waals surface area contributed by atoms with Crippen LogP contribution in [0.3, 0.4) is 0 Å². The van der Waals surface area contributed by atoms with Crippen LogP contribution < -0.4 is 21.7 Å². The number of aliphatic imine (C=N–C) groups is 1. The van der Waals surface area contributed by atoms with Crippen molar-refractivity contribution >= 4 is 29.7 Å². The zero-order valence-corrected chi connectivity index (χ0v) is 21.6. The topological polar surface area (TPSA) is 173 Å². The molecule has 1 saturated heterocycles. The van der Waals surface area contributed by atoms with Gasteiger partial charge in [-0.15, -0.1) is 0 Å². The highest BCUT2D eigenvalue weighted by Crippen LogP contribution is 2.38. The van der Waals surface area contributed by atoms with Gasteiger partial charge in [0.1, 0.15) is 5.83 Å². The van der Waals surface area contributed by atoms with Crippen molar-refractivity contribution in [1.29, 1.82) is 10.7 Å². The van der Waals surface area contributed by atoms with E-state index in [0.29, 0.717) is 37.6 Å². The van der Waals surface area contributed by atoms with Crippen molar-refractivity contribution in [3.8, 4) is 6.07 Å². The van der Waals surface area contributed by atoms with Crippen LogP contribution in [0.25, 0.3) is 0 Å². The predicted molar refractivity (Wildman–Crippen MR) is 141 cm³/mol. The van der Waals surface area contributed by atoms with Crippen molar-refractivity contribution in [3.63, 3.8) is 0 Å². The maximum atomic E-state index is 14.3. The molecule has 2 heterocycles. The van der Waals surface area contributed by atoms with E-state index in [4.69, 9.17) is 16.9 Å². The molecule has 1 aliphatic heterocycles. The van der Waals surface area contributed by atoms with Gasteiger partial charge in [-0.3, -0.25) is 0 Å². The summed E-state index contributed by atoms with van der Waals surface area (Å²) < 4.78 is 28.5. The molecule has 0 aromatic carbocycles. The van der Waals surface area contributed by atoms with Gasteiger partial charge in [-0.25, -0.2) is 23.6 Å². The van der Waals surface area contributed by atoms with Gasteiger partial charge in [0.25, 0.3) is 0 Å². The maximum Gasteiger partial charge on any atom is 0.317 e. The predicted octanol–water partition coefficient (Wildman–Crippen LogP) is 2.81. The molecule has 11 nitrogen and oxygen atoms in total. The summed E-state index contributed by atoms with van der Waals surface area (Å²) in [5.74, 6) is -1.15. The number of allylic oxidation sites excluding steroid dienone is 5. The molecule has 0 saturated carbocycles. The van der Waals surface area contributed by atoms with Gasteiger partial charge in [0.15, 0.2) is 11.6 Å². The third-order valence-corrected chi connectivity index (χ3v) is 6.59. The van der Waals surface area contributed by atoms with Crippen LogP contribution >= 0.6 is 0 Å². The van der Waals surface area contributed by atoms with Crippen LogP contribution in [0.4, 0.5) is 25.3 Å². The summed E-state index contributed by atoms with van der Waals surface area (Å²) >= 11 is 0. The number of urea groups is 1. The molecule has 38 heavy (non-hydrogen) atoms. The van der Waals surface area contributed by atoms with Crippen molar-refractivity contribution < 1.29 is 13.6 Å². The number of hydrogen-bond donors (Lipinski definition) is 4. The molecular formula is C25H32F2N10O. The number of nitriles is 1. The van der Waals surface area contributed by atoms with Gasteiger partial charge in [0.05, 0.1) is 23.7 Å². The van der Waals surface area contributed by atoms with Crippen LogP contribution in [0.15, 0.2) is 46.1 Å². The Bertz CT molecular complexity index is 1250. The number of carbonyl (C=O) groups is 1. The molecule has 1 aliphatic carbocycles. The standard InChI is InChI=1S/C25H32F2N10O/c1-15(30)21(31)16(2)33-22-19(27)14-32-23(35-22)36-6-8-37(9-7-36)24(38)34-20(4-5-28)25(3)11-17(13-29)10-18(26)12-25/h5,10,12,14,20,28H,4,6-9,11,30-31H2,1-3H3,(H,34,38)/t20-,25?/m0/s1. The minimum absolute atomic E-state index is 0.168. The number of amides is 2. The van der Waals surface area contributed by atoms with E-state index in [9.17, 15) is 18.8 Å². The number of anilines is 1. The molecule has 2 amide bonds. The van der Waals surface area contributed by atoms with Gasteiger partial charge in [-0.2, -0.15) is 10.2 Å². The van der Waals surface area contributed by atoms with E-state index >= 15 is 0 Å². The lowest BCUT2D eigenvalue weighted by Gasteiger charge is -2.39. The third kappa shape index (κ3) is 6.50. The second-order valence-electron chi connectivity index (χ2n) is 9.54. The van der Waals surface area contributed by atoms with Gasteiger partial charge in [0.2, 0.25) is 5.95 Å². The molecule has 202 valence electrons. The van der Waals surface area contributed by atoms with Crippen LogP contribution in [-0.4, -0.2) is 65.0 Å². The highest BCUT2D eigenvalue weighted by Gasteiger charge is 2.37. The number of hydrogen-bond acceptors (Lipinski definition) is 9. The van der Waals surface area contributed by atoms with Crippen molar-refractivity contribution in [3.05, 3.63) is 47.0 Å². The van der Waals surface area contributed by atoms with Gasteiger partial charge >= 0.3 is 6.03 Å². The Hall–Kier alpha value is -4.34. The summed E-state index contributed by atoms with van der Waals surface area (Å²) in [7, 11) is 0. The Morgan fingerprint density at radius 1 is 1.34 bits per heavy atom. The number of piperazine rings is 1. The zero-order valence-electron chi connectivity index (χ0n) is 21.6. The van der Waals surface area contributed by atoms with Crippen LogP contribution in [0.5, 0.6) is 0 Å². The fourth-order valence-electron chi connectivity index (χ4n) is 4.38. The van der Waals surface area contributed by atoms with Gasteiger partial charge in [0, 0.05) is 55.3 Å². The molecule has 0 bridgehead atoms. The first-order valence-electron chi connectivity index (χ1n) is 12.1. The number of carbonyl (C=O) groups excluding carboxylic acids is 1. The highest BCUT2D eigenvalue weighted by molar-refractivity contribution is 5.99. The molecule has 13 heteroatoms. The summed E-state index contributed by atoms with van der Waals surface area (Å²) in [5.41, 5.74) is 11.9. The van der Waals surface area contributed by atoms with E-state index in [1.807, 2.05) is 11.0 Å². The first-order valence-corrected chi connectivity index (χ1v) is 12.1. The molecule has 0 spiro atoms. The second-order valence-corrected chi connectivity index (χ2v) is 9.54. The summed E-state index contributed by atoms with van der Waals surface area (Å²) in [6, 6.07) is 1.04. The van der Waals surface area contributed by atoms with Crippen molar-refractivity contribution in [1.82, 2.24) is 20.2 Å². The fourth-order valence-corrected chi connectivity index (χ4v) is 4.38. The summed E-state index contributed by atoms with van der Waals surface area (Å²) in [4.78, 5) is 28.9. The van der Waals surface area contributed by atoms with Crippen molar-refractivity contribution in [2.45, 2.75) is 39.7 Å². The lowest BCUT2D eigenvalue weighted by Crippen LogP contribution is -2.56. The van der Waals surface area contributed by atoms with Gasteiger partial charge < -0.3 is 32.0 Å². The van der Waals surface area contributed by atoms with Crippen molar-refractivity contribution in [2.24, 2.45) is 21.9 Å². The number of nitrogens with one attached hydrogen (secondary N) is 2. The zero-order chi connectivity index (χ0) is 28.0. The monoisotopic (exact) mass is 526 g/mol. The van der Waals surface area contributed by atoms with Gasteiger partial charge in [-0.1, -0.05) is 6.92 Å². The lowest BCUT2D eigenvalue weighted by atomic mass is 9.73. The molecule has 2 aliphatic rings. The maximum absolute atomic E-state index is 14.3. The van der Waals surface area contributed by atoms with Crippen LogP contribution in [0.2, 0.25) is 0 Å². The second kappa shape index (κ2) is 11.8. The normalized spacial score (nSPS) is 21.5. The molecule has 1 aromatic rings. The molecule has 3 rings (SSSR count). The van der Waals surface area contributed by atoms with E-state index in [0.717, 1.165) is 12.4 Å².